The Hall–Kier alpha value is -1.07. The minimum absolute atomic E-state index is 0.0911. The molecule has 0 saturated heterocycles. The van der Waals surface area contributed by atoms with Crippen LogP contribution in [0, 0.1) is 0 Å². The quantitative estimate of drug-likeness (QED) is 0.792. The van der Waals surface area contributed by atoms with Crippen molar-refractivity contribution in [3.63, 3.8) is 0 Å². The van der Waals surface area contributed by atoms with Gasteiger partial charge in [-0.1, -0.05) is 24.3 Å². The summed E-state index contributed by atoms with van der Waals surface area (Å²) in [5, 5.41) is 3.12. The van der Waals surface area contributed by atoms with E-state index in [0.29, 0.717) is 12.5 Å². The summed E-state index contributed by atoms with van der Waals surface area (Å²) in [7, 11) is 0. The van der Waals surface area contributed by atoms with Crippen LogP contribution in [0.25, 0.3) is 0 Å². The van der Waals surface area contributed by atoms with E-state index in [9.17, 15) is 13.2 Å². The van der Waals surface area contributed by atoms with Gasteiger partial charge < -0.3 is 10.1 Å². The molecule has 0 aliphatic heterocycles. The summed E-state index contributed by atoms with van der Waals surface area (Å²) in [5.74, 6) is 0.490. The fourth-order valence-electron chi connectivity index (χ4n) is 2.15. The van der Waals surface area contributed by atoms with Crippen molar-refractivity contribution in [2.45, 2.75) is 18.5 Å². The van der Waals surface area contributed by atoms with Crippen LogP contribution >= 0.6 is 0 Å². The van der Waals surface area contributed by atoms with Gasteiger partial charge in [0.05, 0.1) is 6.61 Å². The standard InChI is InChI=1S/C13H16F3NO/c14-13(15,16)9-18-6-5-17-8-11-7-10-3-1-2-4-12(10)11/h1-4,11,17H,5-9H2. The minimum Gasteiger partial charge on any atom is -0.371 e. The lowest BCUT2D eigenvalue weighted by Crippen LogP contribution is -2.31. The number of benzene rings is 1. The average molecular weight is 259 g/mol. The van der Waals surface area contributed by atoms with Crippen LogP contribution < -0.4 is 5.32 Å². The Morgan fingerprint density at radius 3 is 2.78 bits per heavy atom. The third-order valence-electron chi connectivity index (χ3n) is 3.04. The lowest BCUT2D eigenvalue weighted by atomic mass is 9.78. The van der Waals surface area contributed by atoms with Gasteiger partial charge in [-0.05, 0) is 17.5 Å². The van der Waals surface area contributed by atoms with Gasteiger partial charge in [0.2, 0.25) is 0 Å². The summed E-state index contributed by atoms with van der Waals surface area (Å²) in [6, 6.07) is 8.24. The van der Waals surface area contributed by atoms with E-state index in [1.807, 2.05) is 12.1 Å². The summed E-state index contributed by atoms with van der Waals surface area (Å²) in [6.45, 7) is 0.177. The Bertz CT molecular complexity index is 392. The minimum atomic E-state index is -4.23. The predicted octanol–water partition coefficient (Wildman–Crippen LogP) is 2.49. The molecule has 1 unspecified atom stereocenters. The highest BCUT2D eigenvalue weighted by molar-refractivity contribution is 5.40. The highest BCUT2D eigenvalue weighted by Crippen LogP contribution is 2.33. The number of ether oxygens (including phenoxy) is 1. The van der Waals surface area contributed by atoms with Crippen LogP contribution in [-0.4, -0.2) is 32.5 Å². The molecular formula is C13H16F3NO. The van der Waals surface area contributed by atoms with Crippen molar-refractivity contribution < 1.29 is 17.9 Å². The maximum Gasteiger partial charge on any atom is 0.411 e. The highest BCUT2D eigenvalue weighted by Gasteiger charge is 2.27. The predicted molar refractivity (Wildman–Crippen MR) is 62.6 cm³/mol. The third-order valence-corrected chi connectivity index (χ3v) is 3.04. The lowest BCUT2D eigenvalue weighted by Gasteiger charge is -2.30. The van der Waals surface area contributed by atoms with E-state index < -0.39 is 12.8 Å². The van der Waals surface area contributed by atoms with E-state index in [1.54, 1.807) is 0 Å². The maximum atomic E-state index is 11.8. The first-order valence-electron chi connectivity index (χ1n) is 5.99. The van der Waals surface area contributed by atoms with Gasteiger partial charge >= 0.3 is 6.18 Å². The number of hydrogen-bond donors (Lipinski definition) is 1. The Balaban J connectivity index is 1.56. The fourth-order valence-corrected chi connectivity index (χ4v) is 2.15. The van der Waals surface area contributed by atoms with Crippen molar-refractivity contribution in [3.8, 4) is 0 Å². The molecule has 0 saturated carbocycles. The van der Waals surface area contributed by atoms with E-state index in [1.165, 1.54) is 11.1 Å². The fraction of sp³-hybridized carbons (Fsp3) is 0.538. The maximum absolute atomic E-state index is 11.8. The van der Waals surface area contributed by atoms with Gasteiger partial charge in [-0.25, -0.2) is 0 Å². The molecule has 100 valence electrons. The van der Waals surface area contributed by atoms with Gasteiger partial charge in [0.25, 0.3) is 0 Å². The molecule has 0 bridgehead atoms. The molecule has 1 aromatic rings. The van der Waals surface area contributed by atoms with Crippen LogP contribution in [0.4, 0.5) is 13.2 Å². The number of fused-ring (bicyclic) bond motifs is 1. The zero-order chi connectivity index (χ0) is 13.0. The number of rotatable bonds is 6. The first-order chi connectivity index (χ1) is 8.56. The first-order valence-corrected chi connectivity index (χ1v) is 5.99. The molecule has 1 aliphatic carbocycles. The molecule has 0 amide bonds. The summed E-state index contributed by atoms with van der Waals surface area (Å²) in [5.41, 5.74) is 2.72. The monoisotopic (exact) mass is 259 g/mol. The largest absolute Gasteiger partial charge is 0.411 e. The number of halogens is 3. The van der Waals surface area contributed by atoms with Crippen molar-refractivity contribution in [1.82, 2.24) is 5.32 Å². The van der Waals surface area contributed by atoms with Gasteiger partial charge in [0.15, 0.2) is 0 Å². The average Bonchev–Trinajstić information content (AvgIpc) is 2.27. The zero-order valence-electron chi connectivity index (χ0n) is 9.96. The number of nitrogens with one attached hydrogen (secondary N) is 1. The molecule has 18 heavy (non-hydrogen) atoms. The SMILES string of the molecule is FC(F)(F)COCCNCC1Cc2ccccc21. The summed E-state index contributed by atoms with van der Waals surface area (Å²) < 4.78 is 39.8. The molecule has 0 spiro atoms. The molecule has 1 atom stereocenters. The molecule has 5 heteroatoms. The molecule has 0 radical (unpaired) electrons. The van der Waals surface area contributed by atoms with E-state index in [4.69, 9.17) is 0 Å². The molecule has 2 nitrogen and oxygen atoms in total. The Kier molecular flexibility index (Phi) is 4.24. The Labute approximate surface area is 104 Å². The zero-order valence-corrected chi connectivity index (χ0v) is 9.96. The van der Waals surface area contributed by atoms with Gasteiger partial charge in [-0.15, -0.1) is 0 Å². The van der Waals surface area contributed by atoms with E-state index >= 15 is 0 Å². The molecule has 1 aromatic carbocycles. The van der Waals surface area contributed by atoms with Crippen molar-refractivity contribution in [1.29, 1.82) is 0 Å². The molecular weight excluding hydrogens is 243 g/mol. The van der Waals surface area contributed by atoms with Crippen LogP contribution in [0.2, 0.25) is 0 Å². The van der Waals surface area contributed by atoms with Gasteiger partial charge in [0, 0.05) is 19.0 Å². The Morgan fingerprint density at radius 2 is 2.06 bits per heavy atom. The van der Waals surface area contributed by atoms with Crippen molar-refractivity contribution in [2.75, 3.05) is 26.3 Å². The van der Waals surface area contributed by atoms with E-state index in [-0.39, 0.29) is 6.61 Å². The van der Waals surface area contributed by atoms with Gasteiger partial charge in [-0.2, -0.15) is 13.2 Å². The summed E-state index contributed by atoms with van der Waals surface area (Å²) in [6.07, 6.45) is -3.18. The molecule has 2 rings (SSSR count). The van der Waals surface area contributed by atoms with E-state index in [0.717, 1.165) is 13.0 Å². The van der Waals surface area contributed by atoms with Crippen LogP contribution in [0.5, 0.6) is 0 Å². The summed E-state index contributed by atoms with van der Waals surface area (Å²) >= 11 is 0. The second kappa shape index (κ2) is 5.71. The second-order valence-electron chi connectivity index (χ2n) is 4.47. The first kappa shape index (κ1) is 13.4. The van der Waals surface area contributed by atoms with Crippen LogP contribution in [-0.2, 0) is 11.2 Å². The van der Waals surface area contributed by atoms with Crippen molar-refractivity contribution in [3.05, 3.63) is 35.4 Å². The highest BCUT2D eigenvalue weighted by atomic mass is 19.4. The van der Waals surface area contributed by atoms with Crippen LogP contribution in [0.1, 0.15) is 17.0 Å². The topological polar surface area (TPSA) is 21.3 Å². The molecule has 0 fully saturated rings. The Morgan fingerprint density at radius 1 is 1.28 bits per heavy atom. The van der Waals surface area contributed by atoms with Crippen molar-refractivity contribution >= 4 is 0 Å². The summed E-state index contributed by atoms with van der Waals surface area (Å²) in [4.78, 5) is 0. The van der Waals surface area contributed by atoms with E-state index in [2.05, 4.69) is 22.2 Å². The smallest absolute Gasteiger partial charge is 0.371 e. The normalized spacial score (nSPS) is 18.3. The number of alkyl halides is 3. The second-order valence-corrected chi connectivity index (χ2v) is 4.47. The molecule has 0 heterocycles. The number of hydrogen-bond acceptors (Lipinski definition) is 2. The van der Waals surface area contributed by atoms with Gasteiger partial charge in [-0.3, -0.25) is 0 Å². The van der Waals surface area contributed by atoms with Crippen molar-refractivity contribution in [2.24, 2.45) is 0 Å². The van der Waals surface area contributed by atoms with Gasteiger partial charge in [0.1, 0.15) is 6.61 Å². The lowest BCUT2D eigenvalue weighted by molar-refractivity contribution is -0.173. The third kappa shape index (κ3) is 3.71. The van der Waals surface area contributed by atoms with Crippen LogP contribution in [0.3, 0.4) is 0 Å². The molecule has 1 N–H and O–H groups in total. The van der Waals surface area contributed by atoms with Crippen LogP contribution in [0.15, 0.2) is 24.3 Å². The molecule has 1 aliphatic rings. The molecule has 0 aromatic heterocycles.